The lowest BCUT2D eigenvalue weighted by atomic mass is 10.0. The number of nitrogens with one attached hydrogen (secondary N) is 2. The first kappa shape index (κ1) is 27.6. The number of ether oxygens (including phenoxy) is 3. The molecule has 0 aromatic heterocycles. The summed E-state index contributed by atoms with van der Waals surface area (Å²) in [5.74, 6) is 0.927. The summed E-state index contributed by atoms with van der Waals surface area (Å²) in [6, 6.07) is 4.80. The third kappa shape index (κ3) is 9.27. The van der Waals surface area contributed by atoms with Crippen molar-refractivity contribution in [2.45, 2.75) is 32.1 Å². The molecular weight excluding hydrogens is 528 g/mol. The van der Waals surface area contributed by atoms with Gasteiger partial charge in [-0.3, -0.25) is 9.89 Å². The Balaban J connectivity index is 0.00000480. The van der Waals surface area contributed by atoms with Gasteiger partial charge in [-0.25, -0.2) is 0 Å². The second-order valence-corrected chi connectivity index (χ2v) is 7.58. The summed E-state index contributed by atoms with van der Waals surface area (Å²) in [6.45, 7) is 7.35. The van der Waals surface area contributed by atoms with Gasteiger partial charge >= 0.3 is 6.18 Å². The van der Waals surface area contributed by atoms with Crippen molar-refractivity contribution < 1.29 is 27.4 Å². The van der Waals surface area contributed by atoms with E-state index in [4.69, 9.17) is 14.2 Å². The molecule has 0 spiro atoms. The third-order valence-corrected chi connectivity index (χ3v) is 4.86. The van der Waals surface area contributed by atoms with Crippen molar-refractivity contribution in [3.05, 3.63) is 23.8 Å². The van der Waals surface area contributed by atoms with Gasteiger partial charge < -0.3 is 24.8 Å². The van der Waals surface area contributed by atoms with E-state index in [9.17, 15) is 13.2 Å². The fraction of sp³-hybridized carbons (Fsp3) is 0.650. The van der Waals surface area contributed by atoms with Crippen LogP contribution in [0.1, 0.15) is 19.4 Å². The first-order valence-corrected chi connectivity index (χ1v) is 9.78. The highest BCUT2D eigenvalue weighted by Crippen LogP contribution is 2.29. The van der Waals surface area contributed by atoms with Gasteiger partial charge in [0.25, 0.3) is 0 Å². The number of methoxy groups -OCH3 is 1. The number of alkyl halides is 3. The van der Waals surface area contributed by atoms with Crippen LogP contribution in [-0.4, -0.2) is 76.2 Å². The van der Waals surface area contributed by atoms with Crippen LogP contribution < -0.4 is 20.1 Å². The Kier molecular flexibility index (Phi) is 11.1. The summed E-state index contributed by atoms with van der Waals surface area (Å²) in [7, 11) is 3.08. The van der Waals surface area contributed by atoms with Crippen LogP contribution in [0.5, 0.6) is 11.5 Å². The number of guanidine groups is 1. The maximum Gasteiger partial charge on any atom is 0.422 e. The van der Waals surface area contributed by atoms with Crippen molar-refractivity contribution in [1.82, 2.24) is 15.5 Å². The zero-order chi connectivity index (χ0) is 22.2. The lowest BCUT2D eigenvalue weighted by Gasteiger charge is -2.41. The molecule has 1 aromatic rings. The van der Waals surface area contributed by atoms with Crippen LogP contribution in [0.15, 0.2) is 23.2 Å². The minimum absolute atomic E-state index is 0. The molecule has 31 heavy (non-hydrogen) atoms. The number of nitrogens with zero attached hydrogens (tertiary/aromatic N) is 2. The first-order valence-electron chi connectivity index (χ1n) is 9.78. The van der Waals surface area contributed by atoms with E-state index in [0.29, 0.717) is 19.0 Å². The number of morpholine rings is 1. The quantitative estimate of drug-likeness (QED) is 0.290. The summed E-state index contributed by atoms with van der Waals surface area (Å²) in [4.78, 5) is 6.61. The van der Waals surface area contributed by atoms with Gasteiger partial charge in [0, 0.05) is 38.8 Å². The third-order valence-electron chi connectivity index (χ3n) is 4.86. The predicted octanol–water partition coefficient (Wildman–Crippen LogP) is 3.03. The van der Waals surface area contributed by atoms with Crippen molar-refractivity contribution in [1.29, 1.82) is 0 Å². The van der Waals surface area contributed by atoms with Gasteiger partial charge in [-0.2, -0.15) is 13.2 Å². The second kappa shape index (κ2) is 12.5. The van der Waals surface area contributed by atoms with Crippen molar-refractivity contribution >= 4 is 29.9 Å². The lowest BCUT2D eigenvalue weighted by molar-refractivity contribution is -0.153. The van der Waals surface area contributed by atoms with Gasteiger partial charge in [0.05, 0.1) is 20.3 Å². The maximum absolute atomic E-state index is 12.4. The monoisotopic (exact) mass is 560 g/mol. The van der Waals surface area contributed by atoms with E-state index in [2.05, 4.69) is 34.4 Å². The Bertz CT molecular complexity index is 711. The standard InChI is InChI=1S/C20H31F3N4O3.HI/c1-19(2,27-7-9-29-10-8-27)13-26-18(24-3)25-12-15-5-6-16(17(11-15)28-4)30-14-20(21,22)23;/h5-6,11H,7-10,12-14H2,1-4H3,(H2,24,25,26);1H. The fourth-order valence-electron chi connectivity index (χ4n) is 3.09. The molecule has 0 radical (unpaired) electrons. The molecule has 1 heterocycles. The Morgan fingerprint density at radius 3 is 2.42 bits per heavy atom. The minimum atomic E-state index is -4.40. The van der Waals surface area contributed by atoms with Crippen molar-refractivity contribution in [3.63, 3.8) is 0 Å². The smallest absolute Gasteiger partial charge is 0.422 e. The number of hydrogen-bond donors (Lipinski definition) is 2. The van der Waals surface area contributed by atoms with E-state index in [1.807, 2.05) is 0 Å². The molecule has 7 nitrogen and oxygen atoms in total. The van der Waals surface area contributed by atoms with Crippen molar-refractivity contribution in [2.24, 2.45) is 4.99 Å². The highest BCUT2D eigenvalue weighted by Gasteiger charge is 2.29. The molecule has 11 heteroatoms. The summed E-state index contributed by atoms with van der Waals surface area (Å²) in [6.07, 6.45) is -4.40. The summed E-state index contributed by atoms with van der Waals surface area (Å²) >= 11 is 0. The molecule has 0 saturated carbocycles. The lowest BCUT2D eigenvalue weighted by Crippen LogP contribution is -2.56. The van der Waals surface area contributed by atoms with Crippen LogP contribution in [-0.2, 0) is 11.3 Å². The largest absolute Gasteiger partial charge is 0.493 e. The average Bonchev–Trinajstić information content (AvgIpc) is 2.72. The van der Waals surface area contributed by atoms with Crippen LogP contribution in [0.2, 0.25) is 0 Å². The molecule has 1 aliphatic rings. The normalized spacial score (nSPS) is 15.8. The predicted molar refractivity (Wildman–Crippen MR) is 125 cm³/mol. The van der Waals surface area contributed by atoms with E-state index < -0.39 is 12.8 Å². The van der Waals surface area contributed by atoms with E-state index in [-0.39, 0.29) is 41.0 Å². The van der Waals surface area contributed by atoms with E-state index in [0.717, 1.165) is 31.9 Å². The second-order valence-electron chi connectivity index (χ2n) is 7.58. The first-order chi connectivity index (χ1) is 14.1. The van der Waals surface area contributed by atoms with Gasteiger partial charge in [-0.1, -0.05) is 6.07 Å². The van der Waals surface area contributed by atoms with Crippen LogP contribution in [0, 0.1) is 0 Å². The zero-order valence-corrected chi connectivity index (χ0v) is 20.7. The average molecular weight is 560 g/mol. The molecule has 178 valence electrons. The summed E-state index contributed by atoms with van der Waals surface area (Å²) in [5.41, 5.74) is 0.754. The van der Waals surface area contributed by atoms with Crippen LogP contribution in [0.3, 0.4) is 0 Å². The van der Waals surface area contributed by atoms with Crippen molar-refractivity contribution in [2.75, 3.05) is 53.6 Å². The molecule has 1 saturated heterocycles. The van der Waals surface area contributed by atoms with E-state index in [1.54, 1.807) is 19.2 Å². The maximum atomic E-state index is 12.4. The molecule has 0 bridgehead atoms. The number of halogens is 4. The number of rotatable bonds is 8. The molecule has 1 aromatic carbocycles. The van der Waals surface area contributed by atoms with Crippen LogP contribution >= 0.6 is 24.0 Å². The van der Waals surface area contributed by atoms with Gasteiger partial charge in [0.15, 0.2) is 24.1 Å². The minimum Gasteiger partial charge on any atom is -0.493 e. The molecule has 0 amide bonds. The van der Waals surface area contributed by atoms with E-state index in [1.165, 1.54) is 13.2 Å². The molecular formula is C20H32F3IN4O3. The molecule has 2 N–H and O–H groups in total. The molecule has 0 atom stereocenters. The Morgan fingerprint density at radius 1 is 1.16 bits per heavy atom. The molecule has 0 aliphatic carbocycles. The summed E-state index contributed by atoms with van der Waals surface area (Å²) < 4.78 is 52.5. The molecule has 0 unspecified atom stereocenters. The Hall–Kier alpha value is -1.47. The topological polar surface area (TPSA) is 67.4 Å². The van der Waals surface area contributed by atoms with Crippen LogP contribution in [0.25, 0.3) is 0 Å². The molecule has 2 rings (SSSR count). The Morgan fingerprint density at radius 2 is 1.84 bits per heavy atom. The Labute approximate surface area is 198 Å². The highest BCUT2D eigenvalue weighted by atomic mass is 127. The fourth-order valence-corrected chi connectivity index (χ4v) is 3.09. The SMILES string of the molecule is CN=C(NCc1ccc(OCC(F)(F)F)c(OC)c1)NCC(C)(C)N1CCOCC1.I. The van der Waals surface area contributed by atoms with Gasteiger partial charge in [0.2, 0.25) is 0 Å². The number of benzene rings is 1. The molecule has 1 fully saturated rings. The molecule has 1 aliphatic heterocycles. The number of hydrogen-bond acceptors (Lipinski definition) is 5. The number of aliphatic imine (C=N–C) groups is 1. The zero-order valence-electron chi connectivity index (χ0n) is 18.3. The van der Waals surface area contributed by atoms with E-state index >= 15 is 0 Å². The highest BCUT2D eigenvalue weighted by molar-refractivity contribution is 14.0. The van der Waals surface area contributed by atoms with Gasteiger partial charge in [0.1, 0.15) is 0 Å². The van der Waals surface area contributed by atoms with Crippen molar-refractivity contribution in [3.8, 4) is 11.5 Å². The van der Waals surface area contributed by atoms with Crippen LogP contribution in [0.4, 0.5) is 13.2 Å². The van der Waals surface area contributed by atoms with Gasteiger partial charge in [-0.15, -0.1) is 24.0 Å². The van der Waals surface area contributed by atoms with Gasteiger partial charge in [-0.05, 0) is 31.5 Å². The summed E-state index contributed by atoms with van der Waals surface area (Å²) in [5, 5.41) is 6.54.